The summed E-state index contributed by atoms with van der Waals surface area (Å²) in [5.41, 5.74) is 0.264. The van der Waals surface area contributed by atoms with E-state index >= 15 is 0 Å². The van der Waals surface area contributed by atoms with E-state index in [9.17, 15) is 14.9 Å². The first-order valence-corrected chi connectivity index (χ1v) is 7.34. The van der Waals surface area contributed by atoms with Crippen LogP contribution < -0.4 is 10.1 Å². The number of amides is 1. The molecule has 0 aliphatic rings. The van der Waals surface area contributed by atoms with Crippen LogP contribution in [0.5, 0.6) is 11.5 Å². The van der Waals surface area contributed by atoms with Crippen LogP contribution in [0.4, 0.5) is 11.4 Å². The summed E-state index contributed by atoms with van der Waals surface area (Å²) in [6.07, 6.45) is 1.63. The molecule has 0 unspecified atom stereocenters. The van der Waals surface area contributed by atoms with Gasteiger partial charge in [0, 0.05) is 25.4 Å². The minimum Gasteiger partial charge on any atom is -0.457 e. The number of nitrogens with one attached hydrogen (secondary N) is 1. The molecule has 3 rings (SSSR count). The number of rotatable bonds is 5. The van der Waals surface area contributed by atoms with Crippen LogP contribution in [-0.2, 0) is 7.05 Å². The molecule has 0 saturated carbocycles. The lowest BCUT2D eigenvalue weighted by atomic mass is 10.2. The van der Waals surface area contributed by atoms with Crippen molar-refractivity contribution in [3.8, 4) is 11.5 Å². The maximum Gasteiger partial charge on any atom is 0.276 e. The Hall–Kier alpha value is -3.68. The quantitative estimate of drug-likeness (QED) is 0.568. The zero-order valence-electron chi connectivity index (χ0n) is 13.2. The summed E-state index contributed by atoms with van der Waals surface area (Å²) in [5, 5.41) is 17.7. The van der Waals surface area contributed by atoms with E-state index in [0.717, 1.165) is 0 Å². The van der Waals surface area contributed by atoms with Crippen LogP contribution in [0, 0.1) is 10.1 Å². The fourth-order valence-corrected chi connectivity index (χ4v) is 2.18. The van der Waals surface area contributed by atoms with Crippen LogP contribution in [-0.4, -0.2) is 20.6 Å². The highest BCUT2D eigenvalue weighted by Gasteiger charge is 2.15. The van der Waals surface area contributed by atoms with Crippen molar-refractivity contribution >= 4 is 17.3 Å². The number of hydrogen-bond acceptors (Lipinski definition) is 5. The minimum absolute atomic E-state index is 0.190. The molecule has 0 radical (unpaired) electrons. The number of nitro groups is 1. The Balaban J connectivity index is 1.87. The van der Waals surface area contributed by atoms with Gasteiger partial charge >= 0.3 is 0 Å². The summed E-state index contributed by atoms with van der Waals surface area (Å²) in [7, 11) is 1.69. The molecule has 126 valence electrons. The summed E-state index contributed by atoms with van der Waals surface area (Å²) in [6.45, 7) is 0. The third-order valence-corrected chi connectivity index (χ3v) is 3.29. The Morgan fingerprint density at radius 2 is 1.92 bits per heavy atom. The van der Waals surface area contributed by atoms with Gasteiger partial charge in [-0.25, -0.2) is 0 Å². The van der Waals surface area contributed by atoms with Gasteiger partial charge in [-0.1, -0.05) is 18.2 Å². The average molecular weight is 338 g/mol. The fraction of sp³-hybridized carbons (Fsp3) is 0.0588. The highest BCUT2D eigenvalue weighted by atomic mass is 16.6. The lowest BCUT2D eigenvalue weighted by molar-refractivity contribution is -0.384. The summed E-state index contributed by atoms with van der Waals surface area (Å²) in [5.74, 6) is 0.313. The van der Waals surface area contributed by atoms with E-state index in [2.05, 4.69) is 10.4 Å². The fourth-order valence-electron chi connectivity index (χ4n) is 2.18. The van der Waals surface area contributed by atoms with Crippen molar-refractivity contribution in [1.29, 1.82) is 0 Å². The van der Waals surface area contributed by atoms with E-state index in [-0.39, 0.29) is 22.8 Å². The number of nitro benzene ring substituents is 1. The topological polar surface area (TPSA) is 99.3 Å². The zero-order chi connectivity index (χ0) is 17.8. The van der Waals surface area contributed by atoms with Crippen LogP contribution in [0.1, 0.15) is 10.5 Å². The molecule has 0 saturated heterocycles. The average Bonchev–Trinajstić information content (AvgIpc) is 3.02. The third kappa shape index (κ3) is 3.99. The highest BCUT2D eigenvalue weighted by Crippen LogP contribution is 2.29. The molecule has 8 nitrogen and oxygen atoms in total. The second-order valence-corrected chi connectivity index (χ2v) is 5.22. The molecule has 0 atom stereocenters. The number of carbonyl (C=O) groups is 1. The molecule has 3 aromatic rings. The molecule has 0 spiro atoms. The van der Waals surface area contributed by atoms with Crippen LogP contribution >= 0.6 is 0 Å². The zero-order valence-corrected chi connectivity index (χ0v) is 13.2. The van der Waals surface area contributed by atoms with Crippen molar-refractivity contribution in [2.45, 2.75) is 0 Å². The number of para-hydroxylation sites is 1. The van der Waals surface area contributed by atoms with Gasteiger partial charge in [-0.3, -0.25) is 19.6 Å². The Morgan fingerprint density at radius 3 is 2.56 bits per heavy atom. The molecular weight excluding hydrogens is 324 g/mol. The van der Waals surface area contributed by atoms with E-state index in [1.807, 2.05) is 6.07 Å². The normalized spacial score (nSPS) is 10.3. The molecule has 25 heavy (non-hydrogen) atoms. The van der Waals surface area contributed by atoms with Crippen molar-refractivity contribution < 1.29 is 14.5 Å². The minimum atomic E-state index is -0.547. The molecule has 2 aromatic carbocycles. The van der Waals surface area contributed by atoms with Crippen molar-refractivity contribution in [3.05, 3.63) is 76.6 Å². The first-order chi connectivity index (χ1) is 12.0. The molecule has 1 N–H and O–H groups in total. The van der Waals surface area contributed by atoms with Crippen LogP contribution in [0.3, 0.4) is 0 Å². The molecule has 1 amide bonds. The predicted octanol–water partition coefficient (Wildman–Crippen LogP) is 3.37. The SMILES string of the molecule is Cn1ccc(C(=O)Nc2cc(Oc3ccccc3)cc([N+](=O)[O-])c2)n1. The number of anilines is 1. The smallest absolute Gasteiger partial charge is 0.276 e. The molecule has 0 bridgehead atoms. The molecule has 0 fully saturated rings. The second kappa shape index (κ2) is 6.83. The van der Waals surface area contributed by atoms with Gasteiger partial charge in [-0.15, -0.1) is 0 Å². The second-order valence-electron chi connectivity index (χ2n) is 5.22. The summed E-state index contributed by atoms with van der Waals surface area (Å²) in [6, 6.07) is 14.5. The van der Waals surface area contributed by atoms with Gasteiger partial charge in [0.25, 0.3) is 11.6 Å². The van der Waals surface area contributed by atoms with Crippen LogP contribution in [0.15, 0.2) is 60.8 Å². The molecule has 1 heterocycles. The van der Waals surface area contributed by atoms with Gasteiger partial charge < -0.3 is 10.1 Å². The lowest BCUT2D eigenvalue weighted by Gasteiger charge is -2.09. The predicted molar refractivity (Wildman–Crippen MR) is 90.8 cm³/mol. The van der Waals surface area contributed by atoms with Crippen LogP contribution in [0.2, 0.25) is 0 Å². The number of hydrogen-bond donors (Lipinski definition) is 1. The van der Waals surface area contributed by atoms with E-state index in [1.165, 1.54) is 22.9 Å². The third-order valence-electron chi connectivity index (χ3n) is 3.29. The van der Waals surface area contributed by atoms with Gasteiger partial charge in [0.05, 0.1) is 16.7 Å². The Morgan fingerprint density at radius 1 is 1.16 bits per heavy atom. The van der Waals surface area contributed by atoms with Crippen LogP contribution in [0.25, 0.3) is 0 Å². The van der Waals surface area contributed by atoms with E-state index in [1.54, 1.807) is 43.6 Å². The van der Waals surface area contributed by atoms with E-state index < -0.39 is 10.8 Å². The number of non-ortho nitro benzene ring substituents is 1. The number of aromatic nitrogens is 2. The molecule has 1 aromatic heterocycles. The summed E-state index contributed by atoms with van der Waals surface area (Å²) < 4.78 is 7.12. The van der Waals surface area contributed by atoms with E-state index in [4.69, 9.17) is 4.74 Å². The Bertz CT molecular complexity index is 921. The van der Waals surface area contributed by atoms with Gasteiger partial charge in [-0.05, 0) is 18.2 Å². The summed E-state index contributed by atoms with van der Waals surface area (Å²) in [4.78, 5) is 22.8. The lowest BCUT2D eigenvalue weighted by Crippen LogP contribution is -2.13. The van der Waals surface area contributed by atoms with Crippen molar-refractivity contribution in [1.82, 2.24) is 9.78 Å². The number of nitrogens with zero attached hydrogens (tertiary/aromatic N) is 3. The summed E-state index contributed by atoms with van der Waals surface area (Å²) >= 11 is 0. The number of carbonyl (C=O) groups excluding carboxylic acids is 1. The number of ether oxygens (including phenoxy) is 1. The van der Waals surface area contributed by atoms with Gasteiger partial charge in [0.1, 0.15) is 11.5 Å². The maximum atomic E-state index is 12.2. The van der Waals surface area contributed by atoms with Gasteiger partial charge in [-0.2, -0.15) is 5.10 Å². The van der Waals surface area contributed by atoms with E-state index in [0.29, 0.717) is 5.75 Å². The van der Waals surface area contributed by atoms with Crippen molar-refractivity contribution in [2.75, 3.05) is 5.32 Å². The Kier molecular flexibility index (Phi) is 4.42. The molecular formula is C17H14N4O4. The largest absolute Gasteiger partial charge is 0.457 e. The molecule has 0 aliphatic carbocycles. The number of aryl methyl sites for hydroxylation is 1. The highest BCUT2D eigenvalue weighted by molar-refractivity contribution is 6.03. The first-order valence-electron chi connectivity index (χ1n) is 7.34. The van der Waals surface area contributed by atoms with Crippen molar-refractivity contribution in [2.24, 2.45) is 7.05 Å². The van der Waals surface area contributed by atoms with Gasteiger partial charge in [0.15, 0.2) is 5.69 Å². The monoisotopic (exact) mass is 338 g/mol. The van der Waals surface area contributed by atoms with Crippen molar-refractivity contribution in [3.63, 3.8) is 0 Å². The molecule has 8 heteroatoms. The first kappa shape index (κ1) is 16.2. The van der Waals surface area contributed by atoms with Gasteiger partial charge in [0.2, 0.25) is 0 Å². The maximum absolute atomic E-state index is 12.2. The number of benzene rings is 2. The molecule has 0 aliphatic heterocycles. The Labute approximate surface area is 142 Å². The standard InChI is InChI=1S/C17H14N4O4/c1-20-8-7-16(19-20)17(22)18-12-9-13(21(23)24)11-15(10-12)25-14-5-3-2-4-6-14/h2-11H,1H3,(H,18,22).